The van der Waals surface area contributed by atoms with Crippen molar-refractivity contribution in [1.82, 2.24) is 4.31 Å². The number of allylic oxidation sites excluding steroid dienone is 1. The van der Waals surface area contributed by atoms with Crippen LogP contribution in [0.15, 0.2) is 12.7 Å². The zero-order valence-corrected chi connectivity index (χ0v) is 16.3. The minimum Gasteiger partial charge on any atom is -0.465 e. The van der Waals surface area contributed by atoms with Crippen LogP contribution in [0.1, 0.15) is 13.3 Å². The van der Waals surface area contributed by atoms with Gasteiger partial charge in [0.25, 0.3) is 0 Å². The molecule has 0 aromatic heterocycles. The Kier molecular flexibility index (Phi) is 7.00. The zero-order chi connectivity index (χ0) is 17.8. The molecule has 8 heteroatoms. The third-order valence-corrected chi connectivity index (χ3v) is 7.92. The molecular weight excluding hydrogens is 334 g/mol. The molecule has 0 saturated carbocycles. The van der Waals surface area contributed by atoms with E-state index < -0.39 is 36.2 Å². The van der Waals surface area contributed by atoms with Crippen LogP contribution in [-0.2, 0) is 19.6 Å². The summed E-state index contributed by atoms with van der Waals surface area (Å²) in [5, 5.41) is 10.4. The quantitative estimate of drug-likeness (QED) is 0.401. The van der Waals surface area contributed by atoms with E-state index in [4.69, 9.17) is 4.74 Å². The lowest BCUT2D eigenvalue weighted by molar-refractivity contribution is -0.149. The molecule has 1 saturated heterocycles. The van der Waals surface area contributed by atoms with E-state index >= 15 is 0 Å². The number of ether oxygens (including phenoxy) is 1. The summed E-state index contributed by atoms with van der Waals surface area (Å²) in [7, 11) is -5.15. The average molecular weight is 364 g/mol. The number of aliphatic hydroxyl groups excluding tert-OH is 1. The van der Waals surface area contributed by atoms with Crippen molar-refractivity contribution < 1.29 is 23.1 Å². The molecule has 1 aliphatic rings. The van der Waals surface area contributed by atoms with Crippen molar-refractivity contribution in [3.63, 3.8) is 0 Å². The van der Waals surface area contributed by atoms with Crippen molar-refractivity contribution >= 4 is 24.1 Å². The topological polar surface area (TPSA) is 83.9 Å². The van der Waals surface area contributed by atoms with Gasteiger partial charge < -0.3 is 9.84 Å². The Balaban J connectivity index is 3.03. The lowest BCUT2D eigenvalue weighted by Gasteiger charge is -2.25. The van der Waals surface area contributed by atoms with Gasteiger partial charge in [0.1, 0.15) is 6.04 Å². The summed E-state index contributed by atoms with van der Waals surface area (Å²) in [6.45, 7) is 11.9. The van der Waals surface area contributed by atoms with Crippen LogP contribution in [0.25, 0.3) is 0 Å². The molecule has 1 N–H and O–H groups in total. The maximum atomic E-state index is 12.7. The second-order valence-corrected chi connectivity index (χ2v) is 14.8. The highest BCUT2D eigenvalue weighted by Crippen LogP contribution is 2.31. The van der Waals surface area contributed by atoms with Gasteiger partial charge in [-0.05, 0) is 19.4 Å². The SMILES string of the molecule is C=CC[C@H]1CN(S(=O)(=O)CC[Si](C)(C)C)[C@@H](C(=O)OCC)[C@H]1O. The number of nitrogens with zero attached hydrogens (tertiary/aromatic N) is 1. The van der Waals surface area contributed by atoms with Crippen LogP contribution in [0.2, 0.25) is 25.7 Å². The fourth-order valence-corrected chi connectivity index (χ4v) is 7.32. The lowest BCUT2D eigenvalue weighted by Crippen LogP contribution is -2.47. The predicted molar refractivity (Wildman–Crippen MR) is 93.4 cm³/mol. The van der Waals surface area contributed by atoms with Crippen molar-refractivity contribution in [3.8, 4) is 0 Å². The van der Waals surface area contributed by atoms with Crippen LogP contribution < -0.4 is 0 Å². The van der Waals surface area contributed by atoms with Gasteiger partial charge >= 0.3 is 5.97 Å². The van der Waals surface area contributed by atoms with Crippen molar-refractivity contribution in [1.29, 1.82) is 0 Å². The summed E-state index contributed by atoms with van der Waals surface area (Å²) in [4.78, 5) is 12.2. The normalized spacial score (nSPS) is 26.2. The highest BCUT2D eigenvalue weighted by Gasteiger charge is 2.50. The molecular formula is C15H29NO5SSi. The molecule has 0 radical (unpaired) electrons. The highest BCUT2D eigenvalue weighted by atomic mass is 32.2. The molecule has 1 heterocycles. The molecule has 23 heavy (non-hydrogen) atoms. The molecule has 1 aliphatic heterocycles. The molecule has 0 aliphatic carbocycles. The third kappa shape index (κ3) is 5.41. The molecule has 0 bridgehead atoms. The van der Waals surface area contributed by atoms with Gasteiger partial charge in [-0.2, -0.15) is 4.31 Å². The first-order valence-corrected chi connectivity index (χ1v) is 13.3. The van der Waals surface area contributed by atoms with Gasteiger partial charge in [-0.1, -0.05) is 25.7 Å². The third-order valence-electron chi connectivity index (χ3n) is 4.00. The summed E-state index contributed by atoms with van der Waals surface area (Å²) in [5.74, 6) is -1.00. The van der Waals surface area contributed by atoms with E-state index in [0.29, 0.717) is 12.5 Å². The van der Waals surface area contributed by atoms with Gasteiger partial charge in [0.2, 0.25) is 10.0 Å². The molecule has 0 amide bonds. The maximum Gasteiger partial charge on any atom is 0.327 e. The monoisotopic (exact) mass is 363 g/mol. The molecule has 0 aromatic rings. The Morgan fingerprint density at radius 2 is 2.04 bits per heavy atom. The fraction of sp³-hybridized carbons (Fsp3) is 0.800. The highest BCUT2D eigenvalue weighted by molar-refractivity contribution is 7.89. The number of carbonyl (C=O) groups is 1. The van der Waals surface area contributed by atoms with Gasteiger partial charge in [-0.25, -0.2) is 8.42 Å². The number of aliphatic hydroxyl groups is 1. The van der Waals surface area contributed by atoms with Crippen LogP contribution in [-0.4, -0.2) is 62.9 Å². The first-order valence-electron chi connectivity index (χ1n) is 7.98. The maximum absolute atomic E-state index is 12.7. The molecule has 0 unspecified atom stereocenters. The molecule has 1 rings (SSSR count). The van der Waals surface area contributed by atoms with E-state index in [1.54, 1.807) is 13.0 Å². The fourth-order valence-electron chi connectivity index (χ4n) is 2.63. The number of esters is 1. The molecule has 134 valence electrons. The standard InChI is InChI=1S/C15H29NO5SSi/c1-6-8-12-11-16(13(14(12)17)15(18)21-7-2)22(19,20)9-10-23(3,4)5/h6,12-14,17H,1,7-11H2,2-5H3/t12-,13+,14-/m0/s1. The Bertz CT molecular complexity index is 528. The van der Waals surface area contributed by atoms with Gasteiger partial charge in [-0.15, -0.1) is 6.58 Å². The van der Waals surface area contributed by atoms with Crippen LogP contribution in [0.4, 0.5) is 0 Å². The van der Waals surface area contributed by atoms with Gasteiger partial charge in [0, 0.05) is 20.5 Å². The van der Waals surface area contributed by atoms with E-state index in [0.717, 1.165) is 4.31 Å². The van der Waals surface area contributed by atoms with Crippen molar-refractivity contribution in [2.24, 2.45) is 5.92 Å². The van der Waals surface area contributed by atoms with E-state index in [9.17, 15) is 18.3 Å². The number of hydrogen-bond donors (Lipinski definition) is 1. The van der Waals surface area contributed by atoms with Crippen molar-refractivity contribution in [3.05, 3.63) is 12.7 Å². The van der Waals surface area contributed by atoms with E-state index in [1.165, 1.54) is 0 Å². The number of sulfonamides is 1. The predicted octanol–water partition coefficient (Wildman–Crippen LogP) is 1.45. The van der Waals surface area contributed by atoms with Crippen molar-refractivity contribution in [2.45, 2.75) is 51.2 Å². The van der Waals surface area contributed by atoms with Crippen LogP contribution >= 0.6 is 0 Å². The first kappa shape index (κ1) is 20.3. The van der Waals surface area contributed by atoms with E-state index in [2.05, 4.69) is 26.2 Å². The summed E-state index contributed by atoms with van der Waals surface area (Å²) >= 11 is 0. The Morgan fingerprint density at radius 3 is 2.52 bits per heavy atom. The summed E-state index contributed by atoms with van der Waals surface area (Å²) in [6.07, 6.45) is 1.03. The molecule has 0 aromatic carbocycles. The second-order valence-electron chi connectivity index (χ2n) is 7.17. The molecule has 3 atom stereocenters. The van der Waals surface area contributed by atoms with Gasteiger partial charge in [0.05, 0.1) is 18.5 Å². The van der Waals surface area contributed by atoms with E-state index in [-0.39, 0.29) is 24.8 Å². The number of hydrogen-bond acceptors (Lipinski definition) is 5. The number of rotatable bonds is 8. The largest absolute Gasteiger partial charge is 0.465 e. The first-order chi connectivity index (χ1) is 10.5. The zero-order valence-electron chi connectivity index (χ0n) is 14.5. The Morgan fingerprint density at radius 1 is 1.43 bits per heavy atom. The summed E-state index contributed by atoms with van der Waals surface area (Å²) < 4.78 is 31.5. The molecule has 6 nitrogen and oxygen atoms in total. The van der Waals surface area contributed by atoms with Crippen molar-refractivity contribution in [2.75, 3.05) is 18.9 Å². The van der Waals surface area contributed by atoms with E-state index in [1.807, 2.05) is 0 Å². The van der Waals surface area contributed by atoms with Gasteiger partial charge in [-0.3, -0.25) is 4.79 Å². The second kappa shape index (κ2) is 7.91. The van der Waals surface area contributed by atoms with Crippen LogP contribution in [0.5, 0.6) is 0 Å². The minimum absolute atomic E-state index is 0.00611. The van der Waals surface area contributed by atoms with Gasteiger partial charge in [0.15, 0.2) is 0 Å². The Hall–Kier alpha value is -0.703. The number of carbonyl (C=O) groups excluding carboxylic acids is 1. The molecule has 1 fully saturated rings. The Labute approximate surface area is 140 Å². The van der Waals surface area contributed by atoms with Crippen LogP contribution in [0, 0.1) is 5.92 Å². The summed E-state index contributed by atoms with van der Waals surface area (Å²) in [6, 6.07) is -0.532. The van der Waals surface area contributed by atoms with Crippen LogP contribution in [0.3, 0.4) is 0 Å². The average Bonchev–Trinajstić information content (AvgIpc) is 2.75. The smallest absolute Gasteiger partial charge is 0.327 e. The lowest BCUT2D eigenvalue weighted by atomic mass is 9.98. The molecule has 0 spiro atoms. The minimum atomic E-state index is -3.62. The summed E-state index contributed by atoms with van der Waals surface area (Å²) in [5.41, 5.74) is 0.